The molecule has 0 atom stereocenters. The summed E-state index contributed by atoms with van der Waals surface area (Å²) in [5.74, 6) is 1.01. The van der Waals surface area contributed by atoms with E-state index in [1.807, 2.05) is 30.3 Å². The van der Waals surface area contributed by atoms with E-state index >= 15 is 0 Å². The molecule has 0 radical (unpaired) electrons. The zero-order chi connectivity index (χ0) is 13.8. The van der Waals surface area contributed by atoms with Crippen molar-refractivity contribution in [2.75, 3.05) is 6.54 Å². The zero-order valence-corrected chi connectivity index (χ0v) is 11.4. The van der Waals surface area contributed by atoms with Gasteiger partial charge in [-0.25, -0.2) is 0 Å². The van der Waals surface area contributed by atoms with Gasteiger partial charge in [0.1, 0.15) is 5.76 Å². The van der Waals surface area contributed by atoms with E-state index in [4.69, 9.17) is 4.42 Å². The summed E-state index contributed by atoms with van der Waals surface area (Å²) in [6, 6.07) is 17.0. The molecule has 1 aromatic heterocycles. The lowest BCUT2D eigenvalue weighted by Crippen LogP contribution is -2.51. The van der Waals surface area contributed by atoms with Gasteiger partial charge in [-0.2, -0.15) is 5.26 Å². The van der Waals surface area contributed by atoms with Crippen LogP contribution in [0.3, 0.4) is 0 Å². The summed E-state index contributed by atoms with van der Waals surface area (Å²) in [5, 5.41) is 13.0. The van der Waals surface area contributed by atoms with E-state index < -0.39 is 0 Å². The first-order chi connectivity index (χ1) is 9.82. The van der Waals surface area contributed by atoms with Crippen molar-refractivity contribution in [3.8, 4) is 6.07 Å². The van der Waals surface area contributed by atoms with Crippen molar-refractivity contribution in [2.45, 2.75) is 30.7 Å². The number of rotatable bonds is 5. The molecule has 3 heteroatoms. The van der Waals surface area contributed by atoms with E-state index in [1.54, 1.807) is 6.26 Å². The van der Waals surface area contributed by atoms with Gasteiger partial charge < -0.3 is 9.73 Å². The van der Waals surface area contributed by atoms with Crippen LogP contribution in [0.5, 0.6) is 0 Å². The smallest absolute Gasteiger partial charge is 0.105 e. The maximum Gasteiger partial charge on any atom is 0.105 e. The van der Waals surface area contributed by atoms with Crippen LogP contribution >= 0.6 is 0 Å². The predicted molar refractivity (Wildman–Crippen MR) is 77.2 cm³/mol. The first kappa shape index (κ1) is 13.0. The van der Waals surface area contributed by atoms with Crippen LogP contribution in [0.15, 0.2) is 53.1 Å². The normalized spacial score (nSPS) is 24.9. The van der Waals surface area contributed by atoms with Gasteiger partial charge in [0.05, 0.1) is 17.7 Å². The predicted octanol–water partition coefficient (Wildman–Crippen LogP) is 3.04. The third kappa shape index (κ3) is 2.48. The minimum Gasteiger partial charge on any atom is -0.469 e. The van der Waals surface area contributed by atoms with Crippen LogP contribution < -0.4 is 5.32 Å². The summed E-state index contributed by atoms with van der Waals surface area (Å²) in [4.78, 5) is 0. The third-order valence-electron chi connectivity index (χ3n) is 4.11. The molecular weight excluding hydrogens is 248 g/mol. The molecule has 0 amide bonds. The average molecular weight is 266 g/mol. The molecule has 1 aliphatic carbocycles. The Kier molecular flexibility index (Phi) is 3.58. The summed E-state index contributed by atoms with van der Waals surface area (Å²) in [7, 11) is 0. The Morgan fingerprint density at radius 1 is 1.20 bits per heavy atom. The SMILES string of the molecule is N#CC1(c2ccccc2)CC(NCCc2ccco2)C1. The first-order valence-corrected chi connectivity index (χ1v) is 7.05. The summed E-state index contributed by atoms with van der Waals surface area (Å²) in [6.45, 7) is 0.897. The highest BCUT2D eigenvalue weighted by molar-refractivity contribution is 5.36. The van der Waals surface area contributed by atoms with Gasteiger partial charge in [0.25, 0.3) is 0 Å². The molecule has 1 fully saturated rings. The number of nitriles is 1. The highest BCUT2D eigenvalue weighted by Gasteiger charge is 2.45. The lowest BCUT2D eigenvalue weighted by molar-refractivity contribution is 0.227. The maximum atomic E-state index is 9.49. The molecule has 20 heavy (non-hydrogen) atoms. The Bertz CT molecular complexity index is 577. The van der Waals surface area contributed by atoms with Crippen molar-refractivity contribution >= 4 is 0 Å². The van der Waals surface area contributed by atoms with Crippen molar-refractivity contribution in [3.05, 3.63) is 60.1 Å². The van der Waals surface area contributed by atoms with Crippen molar-refractivity contribution in [3.63, 3.8) is 0 Å². The van der Waals surface area contributed by atoms with Gasteiger partial charge in [-0.1, -0.05) is 30.3 Å². The summed E-state index contributed by atoms with van der Waals surface area (Å²) >= 11 is 0. The first-order valence-electron chi connectivity index (χ1n) is 7.05. The molecule has 0 unspecified atom stereocenters. The van der Waals surface area contributed by atoms with E-state index in [9.17, 15) is 5.26 Å². The quantitative estimate of drug-likeness (QED) is 0.905. The molecule has 1 saturated carbocycles. The van der Waals surface area contributed by atoms with Crippen molar-refractivity contribution in [2.24, 2.45) is 0 Å². The van der Waals surface area contributed by atoms with Gasteiger partial charge in [-0.3, -0.25) is 0 Å². The number of nitrogens with zero attached hydrogens (tertiary/aromatic N) is 1. The fourth-order valence-electron chi connectivity index (χ4n) is 2.93. The molecule has 0 bridgehead atoms. The lowest BCUT2D eigenvalue weighted by Gasteiger charge is -2.43. The van der Waals surface area contributed by atoms with Gasteiger partial charge in [0, 0.05) is 19.0 Å². The molecule has 0 aliphatic heterocycles. The average Bonchev–Trinajstić information content (AvgIpc) is 2.96. The standard InChI is InChI=1S/C17H18N2O/c18-13-17(14-5-2-1-3-6-14)11-15(12-17)19-9-8-16-7-4-10-20-16/h1-7,10,15,19H,8-9,11-12H2. The van der Waals surface area contributed by atoms with Crippen LogP contribution in [0.25, 0.3) is 0 Å². The number of furan rings is 1. The molecule has 0 saturated heterocycles. The minimum atomic E-state index is -0.288. The zero-order valence-electron chi connectivity index (χ0n) is 11.4. The molecule has 1 heterocycles. The van der Waals surface area contributed by atoms with Crippen LogP contribution in [0.2, 0.25) is 0 Å². The molecule has 1 aliphatic rings. The van der Waals surface area contributed by atoms with E-state index in [0.29, 0.717) is 6.04 Å². The van der Waals surface area contributed by atoms with Gasteiger partial charge in [0.15, 0.2) is 0 Å². The van der Waals surface area contributed by atoms with Crippen molar-refractivity contribution < 1.29 is 4.42 Å². The minimum absolute atomic E-state index is 0.288. The van der Waals surface area contributed by atoms with Crippen molar-refractivity contribution in [1.82, 2.24) is 5.32 Å². The Morgan fingerprint density at radius 3 is 2.65 bits per heavy atom. The molecule has 2 aromatic rings. The maximum absolute atomic E-state index is 9.49. The highest BCUT2D eigenvalue weighted by atomic mass is 16.3. The van der Waals surface area contributed by atoms with Crippen LogP contribution in [0, 0.1) is 11.3 Å². The second-order valence-electron chi connectivity index (χ2n) is 5.45. The second-order valence-corrected chi connectivity index (χ2v) is 5.45. The van der Waals surface area contributed by atoms with Gasteiger partial charge in [-0.15, -0.1) is 0 Å². The Morgan fingerprint density at radius 2 is 2.00 bits per heavy atom. The fourth-order valence-corrected chi connectivity index (χ4v) is 2.93. The fraction of sp³-hybridized carbons (Fsp3) is 0.353. The lowest BCUT2D eigenvalue weighted by atomic mass is 9.62. The van der Waals surface area contributed by atoms with Crippen LogP contribution in [-0.4, -0.2) is 12.6 Å². The van der Waals surface area contributed by atoms with Crippen LogP contribution in [-0.2, 0) is 11.8 Å². The van der Waals surface area contributed by atoms with Crippen LogP contribution in [0.4, 0.5) is 0 Å². The molecule has 1 N–H and O–H groups in total. The molecule has 3 rings (SSSR count). The molecular formula is C17H18N2O. The van der Waals surface area contributed by atoms with Gasteiger partial charge in [-0.05, 0) is 30.5 Å². The number of hydrogen-bond acceptors (Lipinski definition) is 3. The second kappa shape index (κ2) is 5.52. The van der Waals surface area contributed by atoms with Gasteiger partial charge in [0.2, 0.25) is 0 Å². The molecule has 3 nitrogen and oxygen atoms in total. The van der Waals surface area contributed by atoms with Crippen LogP contribution in [0.1, 0.15) is 24.2 Å². The molecule has 102 valence electrons. The van der Waals surface area contributed by atoms with Crippen molar-refractivity contribution in [1.29, 1.82) is 5.26 Å². The number of benzene rings is 1. The van der Waals surface area contributed by atoms with Gasteiger partial charge >= 0.3 is 0 Å². The number of nitrogens with one attached hydrogen (secondary N) is 1. The topological polar surface area (TPSA) is 49.0 Å². The Hall–Kier alpha value is -2.05. The third-order valence-corrected chi connectivity index (χ3v) is 4.11. The molecule has 0 spiro atoms. The van der Waals surface area contributed by atoms with E-state index in [-0.39, 0.29) is 5.41 Å². The molecule has 1 aromatic carbocycles. The number of hydrogen-bond donors (Lipinski definition) is 1. The Balaban J connectivity index is 1.51. The highest BCUT2D eigenvalue weighted by Crippen LogP contribution is 2.43. The van der Waals surface area contributed by atoms with E-state index in [0.717, 1.165) is 37.1 Å². The Labute approximate surface area is 119 Å². The largest absolute Gasteiger partial charge is 0.469 e. The monoisotopic (exact) mass is 266 g/mol. The summed E-state index contributed by atoms with van der Waals surface area (Å²) in [5.41, 5.74) is 0.857. The summed E-state index contributed by atoms with van der Waals surface area (Å²) in [6.07, 6.45) is 4.39. The van der Waals surface area contributed by atoms with E-state index in [1.165, 1.54) is 0 Å². The van der Waals surface area contributed by atoms with E-state index in [2.05, 4.69) is 23.5 Å². The summed E-state index contributed by atoms with van der Waals surface area (Å²) < 4.78 is 5.31.